The maximum Gasteiger partial charge on any atom is 0.410 e. The van der Waals surface area contributed by atoms with Gasteiger partial charge in [-0.2, -0.15) is 5.10 Å². The minimum atomic E-state index is -0.538. The monoisotopic (exact) mass is 574 g/mol. The first-order chi connectivity index (χ1) is 19.6. The van der Waals surface area contributed by atoms with E-state index in [9.17, 15) is 4.79 Å². The second-order valence-electron chi connectivity index (χ2n) is 11.5. The molecule has 41 heavy (non-hydrogen) atoms. The summed E-state index contributed by atoms with van der Waals surface area (Å²) < 4.78 is 17.2. The van der Waals surface area contributed by atoms with Crippen molar-refractivity contribution in [1.29, 1.82) is 0 Å². The molecule has 4 aromatic rings. The number of benzene rings is 2. The molecule has 3 heterocycles. The van der Waals surface area contributed by atoms with Crippen LogP contribution in [-0.4, -0.2) is 53.2 Å². The zero-order chi connectivity index (χ0) is 29.1. The van der Waals surface area contributed by atoms with E-state index in [1.54, 1.807) is 23.3 Å². The van der Waals surface area contributed by atoms with Gasteiger partial charge in [0.2, 0.25) is 0 Å². The highest BCUT2D eigenvalue weighted by Crippen LogP contribution is 2.36. The highest BCUT2D eigenvalue weighted by molar-refractivity contribution is 7.15. The fourth-order valence-electron chi connectivity index (χ4n) is 4.81. The second-order valence-corrected chi connectivity index (χ2v) is 12.6. The highest BCUT2D eigenvalue weighted by Gasteiger charge is 2.22. The molecule has 9 heteroatoms. The van der Waals surface area contributed by atoms with Crippen molar-refractivity contribution < 1.29 is 19.0 Å². The molecule has 1 amide bonds. The normalized spacial score (nSPS) is 16.0. The number of aryl methyl sites for hydroxylation is 1. The topological polar surface area (TPSA) is 85.8 Å². The Hall–Kier alpha value is -3.69. The molecule has 0 unspecified atom stereocenters. The predicted molar refractivity (Wildman–Crippen MR) is 164 cm³/mol. The van der Waals surface area contributed by atoms with Crippen LogP contribution < -0.4 is 10.1 Å². The van der Waals surface area contributed by atoms with Crippen LogP contribution in [0, 0.1) is 6.92 Å². The largest absolute Gasteiger partial charge is 0.488 e. The van der Waals surface area contributed by atoms with Gasteiger partial charge in [0, 0.05) is 40.5 Å². The lowest BCUT2D eigenvalue weighted by Crippen LogP contribution is -2.33. The molecular weight excluding hydrogens is 536 g/mol. The molecule has 0 saturated carbocycles. The first-order valence-corrected chi connectivity index (χ1v) is 14.8. The van der Waals surface area contributed by atoms with Crippen molar-refractivity contribution in [2.45, 2.75) is 65.3 Å². The van der Waals surface area contributed by atoms with Gasteiger partial charge < -0.3 is 24.4 Å². The van der Waals surface area contributed by atoms with Crippen LogP contribution in [0.3, 0.4) is 0 Å². The van der Waals surface area contributed by atoms with Gasteiger partial charge in [0.25, 0.3) is 0 Å². The zero-order valence-corrected chi connectivity index (χ0v) is 25.4. The van der Waals surface area contributed by atoms with Gasteiger partial charge in [-0.1, -0.05) is 24.3 Å². The number of nitrogens with one attached hydrogen (secondary N) is 1. The van der Waals surface area contributed by atoms with Crippen molar-refractivity contribution in [3.63, 3.8) is 0 Å². The molecule has 1 N–H and O–H groups in total. The third-order valence-corrected chi connectivity index (χ3v) is 8.23. The molecule has 0 radical (unpaired) electrons. The lowest BCUT2D eigenvalue weighted by Gasteiger charge is -2.25. The molecule has 0 spiro atoms. The van der Waals surface area contributed by atoms with Gasteiger partial charge in [0.15, 0.2) is 5.82 Å². The van der Waals surface area contributed by atoms with E-state index < -0.39 is 5.60 Å². The van der Waals surface area contributed by atoms with E-state index in [1.807, 2.05) is 52.0 Å². The summed E-state index contributed by atoms with van der Waals surface area (Å²) in [6.45, 7) is 11.5. The van der Waals surface area contributed by atoms with Crippen LogP contribution in [0.15, 0.2) is 54.6 Å². The van der Waals surface area contributed by atoms with Gasteiger partial charge >= 0.3 is 6.09 Å². The number of thiophene rings is 1. The minimum Gasteiger partial charge on any atom is -0.488 e. The van der Waals surface area contributed by atoms with Gasteiger partial charge in [0.05, 0.1) is 24.9 Å². The molecule has 1 fully saturated rings. The van der Waals surface area contributed by atoms with Crippen LogP contribution in [0.1, 0.15) is 56.3 Å². The summed E-state index contributed by atoms with van der Waals surface area (Å²) in [6, 6.07) is 18.5. The molecule has 1 aliphatic rings. The van der Waals surface area contributed by atoms with E-state index in [1.165, 1.54) is 4.88 Å². The number of hydrogen-bond acceptors (Lipinski definition) is 8. The van der Waals surface area contributed by atoms with Gasteiger partial charge in [-0.3, -0.25) is 0 Å². The summed E-state index contributed by atoms with van der Waals surface area (Å²) in [7, 11) is 1.77. The maximum absolute atomic E-state index is 12.6. The fourth-order valence-corrected chi connectivity index (χ4v) is 5.88. The Labute approximate surface area is 245 Å². The zero-order valence-electron chi connectivity index (χ0n) is 24.6. The highest BCUT2D eigenvalue weighted by atomic mass is 32.1. The predicted octanol–water partition coefficient (Wildman–Crippen LogP) is 7.37. The van der Waals surface area contributed by atoms with E-state index in [0.29, 0.717) is 13.2 Å². The average Bonchev–Trinajstić information content (AvgIpc) is 3.62. The SMILES string of the molecule is Cc1nnc(N[C@H](C)c2ccc(-c3ccccc3CN(C)C(=O)OC(C)(C)C)s2)c2cc(O[C@H]3CCOC3)ccc12. The van der Waals surface area contributed by atoms with Gasteiger partial charge in [-0.25, -0.2) is 4.79 Å². The number of ether oxygens (including phenoxy) is 3. The summed E-state index contributed by atoms with van der Waals surface area (Å²) in [5.41, 5.74) is 2.50. The summed E-state index contributed by atoms with van der Waals surface area (Å²) in [5, 5.41) is 14.5. The standard InChI is InChI=1S/C32H38N4O4S/c1-20-25-12-11-23(39-24-15-16-38-19-24)17-27(25)30(35-34-20)33-21(2)28-13-14-29(41-28)26-10-8-7-9-22(26)18-36(6)31(37)40-32(3,4)5/h7-14,17,21,24H,15-16,18-19H2,1-6H3,(H,33,35)/t21-,24+/m1/s1. The van der Waals surface area contributed by atoms with E-state index in [0.717, 1.165) is 57.1 Å². The molecule has 8 nitrogen and oxygen atoms in total. The van der Waals surface area contributed by atoms with Crippen LogP contribution in [0.25, 0.3) is 21.2 Å². The Kier molecular flexibility index (Phi) is 8.47. The lowest BCUT2D eigenvalue weighted by atomic mass is 10.1. The van der Waals surface area contributed by atoms with Crippen LogP contribution in [0.2, 0.25) is 0 Å². The number of hydrogen-bond donors (Lipinski definition) is 1. The Bertz CT molecular complexity index is 1520. The van der Waals surface area contributed by atoms with Crippen molar-refractivity contribution in [3.05, 3.63) is 70.7 Å². The molecule has 216 valence electrons. The molecule has 1 aliphatic heterocycles. The maximum atomic E-state index is 12.6. The Morgan fingerprint density at radius 2 is 1.95 bits per heavy atom. The quantitative estimate of drug-likeness (QED) is 0.235. The van der Waals surface area contributed by atoms with Crippen LogP contribution >= 0.6 is 11.3 Å². The Morgan fingerprint density at radius 1 is 1.15 bits per heavy atom. The van der Waals surface area contributed by atoms with Crippen LogP contribution in [0.4, 0.5) is 10.6 Å². The lowest BCUT2D eigenvalue weighted by molar-refractivity contribution is 0.0285. The number of rotatable bonds is 8. The number of nitrogens with zero attached hydrogens (tertiary/aromatic N) is 3. The third kappa shape index (κ3) is 6.97. The van der Waals surface area contributed by atoms with E-state index in [-0.39, 0.29) is 18.2 Å². The molecule has 5 rings (SSSR count). The Balaban J connectivity index is 1.34. The number of carbonyl (C=O) groups is 1. The molecule has 2 aromatic carbocycles. The molecule has 1 saturated heterocycles. The number of carbonyl (C=O) groups excluding carboxylic acids is 1. The number of aromatic nitrogens is 2. The van der Waals surface area contributed by atoms with Gasteiger partial charge in [-0.15, -0.1) is 16.4 Å². The van der Waals surface area contributed by atoms with E-state index in [4.69, 9.17) is 14.2 Å². The van der Waals surface area contributed by atoms with E-state index in [2.05, 4.69) is 52.8 Å². The van der Waals surface area contributed by atoms with Crippen molar-refractivity contribution in [2.24, 2.45) is 0 Å². The van der Waals surface area contributed by atoms with Crippen molar-refractivity contribution in [1.82, 2.24) is 15.1 Å². The van der Waals surface area contributed by atoms with Crippen molar-refractivity contribution >= 4 is 34.0 Å². The van der Waals surface area contributed by atoms with Gasteiger partial charge in [-0.05, 0) is 76.1 Å². The summed E-state index contributed by atoms with van der Waals surface area (Å²) >= 11 is 1.72. The smallest absolute Gasteiger partial charge is 0.410 e. The Morgan fingerprint density at radius 3 is 2.71 bits per heavy atom. The number of anilines is 1. The molecule has 2 aromatic heterocycles. The van der Waals surface area contributed by atoms with Crippen molar-refractivity contribution in [3.8, 4) is 16.2 Å². The molecular formula is C32H38N4O4S. The second kappa shape index (κ2) is 12.0. The number of fused-ring (bicyclic) bond motifs is 1. The van der Waals surface area contributed by atoms with Gasteiger partial charge in [0.1, 0.15) is 17.5 Å². The summed E-state index contributed by atoms with van der Waals surface area (Å²) in [6.07, 6.45) is 0.637. The first-order valence-electron chi connectivity index (χ1n) is 14.0. The molecule has 0 aliphatic carbocycles. The molecule has 0 bridgehead atoms. The van der Waals surface area contributed by atoms with Crippen LogP contribution in [0.5, 0.6) is 5.75 Å². The number of amides is 1. The average molecular weight is 575 g/mol. The van der Waals surface area contributed by atoms with Crippen LogP contribution in [-0.2, 0) is 16.0 Å². The summed E-state index contributed by atoms with van der Waals surface area (Å²) in [5.74, 6) is 1.53. The first kappa shape index (κ1) is 28.8. The fraction of sp³-hybridized carbons (Fsp3) is 0.406. The molecule has 2 atom stereocenters. The summed E-state index contributed by atoms with van der Waals surface area (Å²) in [4.78, 5) is 16.5. The van der Waals surface area contributed by atoms with Crippen molar-refractivity contribution in [2.75, 3.05) is 25.6 Å². The third-order valence-electron chi connectivity index (χ3n) is 6.93. The minimum absolute atomic E-state index is 0.00152. The van der Waals surface area contributed by atoms with E-state index >= 15 is 0 Å².